The van der Waals surface area contributed by atoms with Gasteiger partial charge in [-0.15, -0.1) is 0 Å². The Morgan fingerprint density at radius 2 is 1.88 bits per heavy atom. The largest absolute Gasteiger partial charge is 0.431 e. The SMILES string of the molecule is C=CC(=O)N1CCC(n2cnc3c(-c4cccnc4C)nc4c(=O)n(-c5cccc6ccccc56)c(C(F)(F)F)cc4c32)CC1CC#N. The Labute approximate surface area is 272 Å². The van der Waals surface area contributed by atoms with Crippen molar-refractivity contribution >= 4 is 38.6 Å². The predicted octanol–water partition coefficient (Wildman–Crippen LogP) is 6.91. The van der Waals surface area contributed by atoms with Crippen molar-refractivity contribution < 1.29 is 18.0 Å². The van der Waals surface area contributed by atoms with Gasteiger partial charge in [0.15, 0.2) is 0 Å². The van der Waals surface area contributed by atoms with E-state index in [-0.39, 0.29) is 35.0 Å². The van der Waals surface area contributed by atoms with E-state index in [1.54, 1.807) is 77.4 Å². The van der Waals surface area contributed by atoms with Crippen LogP contribution in [-0.2, 0) is 11.0 Å². The lowest BCUT2D eigenvalue weighted by atomic mass is 9.94. The molecule has 4 aromatic heterocycles. The van der Waals surface area contributed by atoms with Gasteiger partial charge in [-0.25, -0.2) is 9.97 Å². The lowest BCUT2D eigenvalue weighted by molar-refractivity contribution is -0.142. The number of carbonyl (C=O) groups is 1. The first-order valence-corrected chi connectivity index (χ1v) is 15.4. The van der Waals surface area contributed by atoms with Crippen LogP contribution in [0.5, 0.6) is 0 Å². The maximum atomic E-state index is 15.0. The second-order valence-electron chi connectivity index (χ2n) is 11.8. The number of aromatic nitrogens is 5. The minimum Gasteiger partial charge on any atom is -0.335 e. The molecule has 5 heterocycles. The molecule has 1 aliphatic heterocycles. The van der Waals surface area contributed by atoms with E-state index in [2.05, 4.69) is 22.6 Å². The third kappa shape index (κ3) is 4.99. The molecule has 48 heavy (non-hydrogen) atoms. The first-order valence-electron chi connectivity index (χ1n) is 15.4. The number of rotatable bonds is 5. The number of benzene rings is 2. The van der Waals surface area contributed by atoms with E-state index < -0.39 is 23.5 Å². The van der Waals surface area contributed by atoms with Gasteiger partial charge in [-0.1, -0.05) is 43.0 Å². The van der Waals surface area contributed by atoms with Crippen molar-refractivity contribution in [3.8, 4) is 23.0 Å². The van der Waals surface area contributed by atoms with Gasteiger partial charge in [0.25, 0.3) is 5.56 Å². The molecule has 1 amide bonds. The van der Waals surface area contributed by atoms with E-state index in [1.807, 2.05) is 0 Å². The summed E-state index contributed by atoms with van der Waals surface area (Å²) >= 11 is 0. The van der Waals surface area contributed by atoms with Gasteiger partial charge >= 0.3 is 6.18 Å². The van der Waals surface area contributed by atoms with Crippen LogP contribution in [0.3, 0.4) is 0 Å². The number of hydrogen-bond acceptors (Lipinski definition) is 6. The van der Waals surface area contributed by atoms with Gasteiger partial charge in [0.05, 0.1) is 30.0 Å². The van der Waals surface area contributed by atoms with Crippen LogP contribution in [-0.4, -0.2) is 47.5 Å². The number of carbonyl (C=O) groups excluding carboxylic acids is 1. The number of aryl methyl sites for hydroxylation is 1. The molecule has 0 aliphatic carbocycles. The summed E-state index contributed by atoms with van der Waals surface area (Å²) in [6.07, 6.45) is 0.322. The summed E-state index contributed by atoms with van der Waals surface area (Å²) in [6.45, 7) is 5.67. The number of halogens is 3. The lowest BCUT2D eigenvalue weighted by Crippen LogP contribution is -2.45. The number of hydrogen-bond donors (Lipinski definition) is 0. The smallest absolute Gasteiger partial charge is 0.335 e. The van der Waals surface area contributed by atoms with E-state index >= 15 is 13.2 Å². The molecule has 7 rings (SSSR count). The number of amides is 1. The Kier molecular flexibility index (Phi) is 7.55. The molecule has 6 aromatic rings. The zero-order valence-electron chi connectivity index (χ0n) is 25.8. The topological polar surface area (TPSA) is 110 Å². The van der Waals surface area contributed by atoms with Crippen LogP contribution in [0.1, 0.15) is 36.7 Å². The fourth-order valence-corrected chi connectivity index (χ4v) is 6.89. The highest BCUT2D eigenvalue weighted by molar-refractivity contribution is 6.08. The number of likely N-dealkylation sites (tertiary alicyclic amines) is 1. The molecule has 0 radical (unpaired) electrons. The summed E-state index contributed by atoms with van der Waals surface area (Å²) in [7, 11) is 0. The summed E-state index contributed by atoms with van der Waals surface area (Å²) in [4.78, 5) is 42.5. The minimum absolute atomic E-state index is 0.00281. The Hall–Kier alpha value is -5.83. The van der Waals surface area contributed by atoms with Crippen molar-refractivity contribution in [3.05, 3.63) is 108 Å². The number of piperidine rings is 1. The van der Waals surface area contributed by atoms with Crippen molar-refractivity contribution in [2.45, 2.75) is 44.4 Å². The van der Waals surface area contributed by atoms with E-state index in [9.17, 15) is 14.9 Å². The number of nitrogens with zero attached hydrogens (tertiary/aromatic N) is 7. The maximum absolute atomic E-state index is 15.0. The van der Waals surface area contributed by atoms with Crippen LogP contribution in [0.25, 0.3) is 49.7 Å². The van der Waals surface area contributed by atoms with Gasteiger partial charge in [-0.05, 0) is 55.5 Å². The molecule has 9 nitrogen and oxygen atoms in total. The zero-order chi connectivity index (χ0) is 33.7. The average Bonchev–Trinajstić information content (AvgIpc) is 3.53. The van der Waals surface area contributed by atoms with Crippen molar-refractivity contribution in [1.29, 1.82) is 5.26 Å². The molecule has 1 fully saturated rings. The Balaban J connectivity index is 1.56. The number of alkyl halides is 3. The van der Waals surface area contributed by atoms with Crippen LogP contribution in [0.4, 0.5) is 13.2 Å². The summed E-state index contributed by atoms with van der Waals surface area (Å²) in [6, 6.07) is 17.7. The maximum Gasteiger partial charge on any atom is 0.431 e. The van der Waals surface area contributed by atoms with Crippen molar-refractivity contribution in [1.82, 2.24) is 29.0 Å². The number of imidazole rings is 1. The highest BCUT2D eigenvalue weighted by Gasteiger charge is 2.38. The molecule has 0 N–H and O–H groups in total. The van der Waals surface area contributed by atoms with Crippen molar-refractivity contribution in [2.75, 3.05) is 6.54 Å². The standard InChI is InChI=1S/C36H28F3N7O2/c1-3-30(47)44-17-14-24(18-23(44)13-15-40)45-20-42-33-31(25-11-7-16-41-21(25)2)43-32-27(34(33)45)19-29(36(37,38)39)46(35(32)48)28-12-6-9-22-8-4-5-10-26(22)28/h3-12,16,19-20,23-24H,1,13-14,17-18H2,2H3. The molecule has 0 spiro atoms. The fraction of sp³-hybridized carbons (Fsp3) is 0.222. The molecule has 1 aliphatic rings. The normalized spacial score (nSPS) is 16.8. The molecule has 2 atom stereocenters. The first-order chi connectivity index (χ1) is 23.1. The van der Waals surface area contributed by atoms with Crippen LogP contribution >= 0.6 is 0 Å². The average molecular weight is 648 g/mol. The molecule has 0 saturated carbocycles. The number of pyridine rings is 3. The Morgan fingerprint density at radius 3 is 2.62 bits per heavy atom. The summed E-state index contributed by atoms with van der Waals surface area (Å²) in [5, 5.41) is 10.7. The van der Waals surface area contributed by atoms with E-state index in [4.69, 9.17) is 4.98 Å². The third-order valence-electron chi connectivity index (χ3n) is 9.11. The summed E-state index contributed by atoms with van der Waals surface area (Å²) in [5.74, 6) is -0.294. The van der Waals surface area contributed by atoms with Gasteiger partial charge < -0.3 is 9.47 Å². The van der Waals surface area contributed by atoms with Crippen molar-refractivity contribution in [3.63, 3.8) is 0 Å². The third-order valence-corrected chi connectivity index (χ3v) is 9.11. The fourth-order valence-electron chi connectivity index (χ4n) is 6.89. The quantitative estimate of drug-likeness (QED) is 0.188. The molecular formula is C36H28F3N7O2. The number of nitriles is 1. The molecule has 1 saturated heterocycles. The predicted molar refractivity (Wildman–Crippen MR) is 175 cm³/mol. The van der Waals surface area contributed by atoms with Gasteiger partial charge in [0, 0.05) is 46.9 Å². The highest BCUT2D eigenvalue weighted by Crippen LogP contribution is 2.40. The summed E-state index contributed by atoms with van der Waals surface area (Å²) in [5.41, 5.74) is -0.0155. The van der Waals surface area contributed by atoms with Crippen LogP contribution < -0.4 is 5.56 Å². The Morgan fingerprint density at radius 1 is 1.08 bits per heavy atom. The lowest BCUT2D eigenvalue weighted by Gasteiger charge is -2.38. The minimum atomic E-state index is -4.91. The van der Waals surface area contributed by atoms with Crippen LogP contribution in [0, 0.1) is 18.3 Å². The second kappa shape index (κ2) is 11.8. The van der Waals surface area contributed by atoms with Crippen molar-refractivity contribution in [2.24, 2.45) is 0 Å². The van der Waals surface area contributed by atoms with E-state index in [1.165, 1.54) is 12.1 Å². The molecule has 12 heteroatoms. The van der Waals surface area contributed by atoms with Gasteiger partial charge in [-0.3, -0.25) is 19.1 Å². The van der Waals surface area contributed by atoms with E-state index in [0.29, 0.717) is 62.7 Å². The summed E-state index contributed by atoms with van der Waals surface area (Å²) < 4.78 is 47.5. The molecule has 0 bridgehead atoms. The van der Waals surface area contributed by atoms with Gasteiger partial charge in [0.2, 0.25) is 5.91 Å². The molecule has 2 aromatic carbocycles. The molecule has 2 unspecified atom stereocenters. The Bertz CT molecular complexity index is 2370. The zero-order valence-corrected chi connectivity index (χ0v) is 25.8. The highest BCUT2D eigenvalue weighted by atomic mass is 19.4. The second-order valence-corrected chi connectivity index (χ2v) is 11.8. The van der Waals surface area contributed by atoms with Crippen LogP contribution in [0.2, 0.25) is 0 Å². The van der Waals surface area contributed by atoms with Gasteiger partial charge in [-0.2, -0.15) is 18.4 Å². The monoisotopic (exact) mass is 647 g/mol. The molecular weight excluding hydrogens is 619 g/mol. The number of fused-ring (bicyclic) bond motifs is 4. The van der Waals surface area contributed by atoms with E-state index in [0.717, 1.165) is 6.07 Å². The molecule has 240 valence electrons. The first kappa shape index (κ1) is 30.8. The van der Waals surface area contributed by atoms with Crippen LogP contribution in [0.15, 0.2) is 90.6 Å². The van der Waals surface area contributed by atoms with Gasteiger partial charge in [0.1, 0.15) is 22.4 Å².